The van der Waals surface area contributed by atoms with Crippen LogP contribution in [0.4, 0.5) is 4.79 Å². The highest BCUT2D eigenvalue weighted by atomic mass is 16.6. The zero-order valence-electron chi connectivity index (χ0n) is 11.2. The van der Waals surface area contributed by atoms with Gasteiger partial charge in [0.05, 0.1) is 0 Å². The van der Waals surface area contributed by atoms with Crippen LogP contribution >= 0.6 is 0 Å². The highest BCUT2D eigenvalue weighted by molar-refractivity contribution is 5.69. The Labute approximate surface area is 103 Å². The summed E-state index contributed by atoms with van der Waals surface area (Å²) in [5.74, 6) is 0. The van der Waals surface area contributed by atoms with Gasteiger partial charge in [0.15, 0.2) is 0 Å². The lowest BCUT2D eigenvalue weighted by atomic mass is 9.65. The molecule has 0 aromatic carbocycles. The first-order valence-electron chi connectivity index (χ1n) is 6.56. The molecule has 1 heterocycles. The van der Waals surface area contributed by atoms with Crippen LogP contribution in [0.1, 0.15) is 46.5 Å². The summed E-state index contributed by atoms with van der Waals surface area (Å²) in [5, 5.41) is 0. The maximum absolute atomic E-state index is 11.8. The highest BCUT2D eigenvalue weighted by Gasteiger charge is 2.50. The van der Waals surface area contributed by atoms with E-state index in [0.29, 0.717) is 0 Å². The molecule has 1 amide bonds. The lowest BCUT2D eigenvalue weighted by molar-refractivity contribution is -0.0572. The zero-order chi connectivity index (χ0) is 12.7. The van der Waals surface area contributed by atoms with Gasteiger partial charge in [0, 0.05) is 24.5 Å². The van der Waals surface area contributed by atoms with Crippen LogP contribution in [0.25, 0.3) is 0 Å². The summed E-state index contributed by atoms with van der Waals surface area (Å²) in [6, 6.07) is 0.259. The SMILES string of the molecule is CC(C)(C)OC(=O)N1CC2(CCCCC2N)C1. The van der Waals surface area contributed by atoms with E-state index in [9.17, 15) is 4.79 Å². The number of nitrogens with two attached hydrogens (primary N) is 1. The van der Waals surface area contributed by atoms with Crippen molar-refractivity contribution in [3.05, 3.63) is 0 Å². The largest absolute Gasteiger partial charge is 0.444 e. The van der Waals surface area contributed by atoms with Gasteiger partial charge in [-0.15, -0.1) is 0 Å². The van der Waals surface area contributed by atoms with Crippen LogP contribution in [0.2, 0.25) is 0 Å². The van der Waals surface area contributed by atoms with Crippen molar-refractivity contribution in [3.63, 3.8) is 0 Å². The summed E-state index contributed by atoms with van der Waals surface area (Å²) >= 11 is 0. The molecular weight excluding hydrogens is 216 g/mol. The summed E-state index contributed by atoms with van der Waals surface area (Å²) in [7, 11) is 0. The first kappa shape index (κ1) is 12.7. The number of rotatable bonds is 0. The maximum Gasteiger partial charge on any atom is 0.410 e. The van der Waals surface area contributed by atoms with Crippen LogP contribution in [0, 0.1) is 5.41 Å². The van der Waals surface area contributed by atoms with Crippen LogP contribution in [-0.4, -0.2) is 35.7 Å². The molecule has 0 radical (unpaired) electrons. The van der Waals surface area contributed by atoms with Gasteiger partial charge in [-0.2, -0.15) is 0 Å². The molecule has 0 aromatic rings. The van der Waals surface area contributed by atoms with E-state index in [1.165, 1.54) is 12.8 Å². The van der Waals surface area contributed by atoms with Crippen molar-refractivity contribution in [3.8, 4) is 0 Å². The second-order valence-electron chi connectivity index (χ2n) is 6.55. The minimum absolute atomic E-state index is 0.190. The molecule has 1 aliphatic carbocycles. The van der Waals surface area contributed by atoms with Crippen molar-refractivity contribution in [1.82, 2.24) is 4.90 Å². The number of hydrogen-bond donors (Lipinski definition) is 1. The molecule has 1 spiro atoms. The monoisotopic (exact) mass is 240 g/mol. The molecule has 2 aliphatic rings. The second-order valence-corrected chi connectivity index (χ2v) is 6.55. The predicted molar refractivity (Wildman–Crippen MR) is 66.7 cm³/mol. The van der Waals surface area contributed by atoms with Gasteiger partial charge in [-0.1, -0.05) is 12.8 Å². The third-order valence-corrected chi connectivity index (χ3v) is 3.89. The fraction of sp³-hybridized carbons (Fsp3) is 0.923. The van der Waals surface area contributed by atoms with Gasteiger partial charge in [-0.05, 0) is 33.6 Å². The van der Waals surface area contributed by atoms with Crippen molar-refractivity contribution >= 4 is 6.09 Å². The molecule has 4 heteroatoms. The Bertz CT molecular complexity index is 303. The van der Waals surface area contributed by atoms with Crippen LogP contribution in [0.3, 0.4) is 0 Å². The van der Waals surface area contributed by atoms with Gasteiger partial charge < -0.3 is 15.4 Å². The average molecular weight is 240 g/mol. The van der Waals surface area contributed by atoms with E-state index in [2.05, 4.69) is 0 Å². The molecule has 17 heavy (non-hydrogen) atoms. The number of carbonyl (C=O) groups is 1. The summed E-state index contributed by atoms with van der Waals surface area (Å²) in [6.07, 6.45) is 4.54. The lowest BCUT2D eigenvalue weighted by Gasteiger charge is -2.55. The Balaban J connectivity index is 1.87. The van der Waals surface area contributed by atoms with E-state index in [1.807, 2.05) is 20.8 Å². The number of carbonyl (C=O) groups excluding carboxylic acids is 1. The third-order valence-electron chi connectivity index (χ3n) is 3.89. The topological polar surface area (TPSA) is 55.6 Å². The van der Waals surface area contributed by atoms with E-state index in [-0.39, 0.29) is 17.6 Å². The van der Waals surface area contributed by atoms with Gasteiger partial charge in [0.2, 0.25) is 0 Å². The Morgan fingerprint density at radius 3 is 2.53 bits per heavy atom. The number of likely N-dealkylation sites (tertiary alicyclic amines) is 1. The molecule has 1 unspecified atom stereocenters. The normalized spacial score (nSPS) is 27.8. The maximum atomic E-state index is 11.8. The fourth-order valence-corrected chi connectivity index (χ4v) is 2.90. The molecule has 1 aliphatic heterocycles. The highest BCUT2D eigenvalue weighted by Crippen LogP contribution is 2.43. The molecule has 0 bridgehead atoms. The Kier molecular flexibility index (Phi) is 3.10. The summed E-state index contributed by atoms with van der Waals surface area (Å²) in [4.78, 5) is 13.6. The van der Waals surface area contributed by atoms with E-state index < -0.39 is 5.60 Å². The summed E-state index contributed by atoms with van der Waals surface area (Å²) in [5.41, 5.74) is 5.97. The van der Waals surface area contributed by atoms with Gasteiger partial charge in [0.1, 0.15) is 5.60 Å². The van der Waals surface area contributed by atoms with E-state index in [4.69, 9.17) is 10.5 Å². The molecule has 2 rings (SSSR count). The molecule has 1 saturated heterocycles. The molecule has 1 atom stereocenters. The number of ether oxygens (including phenoxy) is 1. The van der Waals surface area contributed by atoms with Crippen LogP contribution in [-0.2, 0) is 4.74 Å². The minimum atomic E-state index is -0.408. The standard InChI is InChI=1S/C13H24N2O2/c1-12(2,3)17-11(16)15-8-13(9-15)7-5-4-6-10(13)14/h10H,4-9,14H2,1-3H3. The molecule has 2 fully saturated rings. The molecule has 1 saturated carbocycles. The van der Waals surface area contributed by atoms with E-state index >= 15 is 0 Å². The number of amides is 1. The van der Waals surface area contributed by atoms with Crippen molar-refractivity contribution in [1.29, 1.82) is 0 Å². The van der Waals surface area contributed by atoms with Gasteiger partial charge in [0.25, 0.3) is 0 Å². The second kappa shape index (κ2) is 4.16. The smallest absolute Gasteiger partial charge is 0.410 e. The molecule has 98 valence electrons. The predicted octanol–water partition coefficient (Wildman–Crippen LogP) is 2.12. The van der Waals surface area contributed by atoms with Crippen LogP contribution in [0.15, 0.2) is 0 Å². The summed E-state index contributed by atoms with van der Waals surface area (Å²) in [6.45, 7) is 7.25. The average Bonchev–Trinajstić information content (AvgIpc) is 2.12. The van der Waals surface area contributed by atoms with Crippen LogP contribution in [0.5, 0.6) is 0 Å². The molecule has 4 nitrogen and oxygen atoms in total. The molecule has 2 N–H and O–H groups in total. The van der Waals surface area contributed by atoms with Crippen LogP contribution < -0.4 is 5.73 Å². The minimum Gasteiger partial charge on any atom is -0.444 e. The van der Waals surface area contributed by atoms with Gasteiger partial charge in [-0.25, -0.2) is 4.79 Å². The van der Waals surface area contributed by atoms with Gasteiger partial charge in [-0.3, -0.25) is 0 Å². The van der Waals surface area contributed by atoms with Crippen molar-refractivity contribution in [2.75, 3.05) is 13.1 Å². The van der Waals surface area contributed by atoms with E-state index in [0.717, 1.165) is 25.9 Å². The third kappa shape index (κ3) is 2.57. The number of nitrogens with zero attached hydrogens (tertiary/aromatic N) is 1. The quantitative estimate of drug-likeness (QED) is 0.705. The number of hydrogen-bond acceptors (Lipinski definition) is 3. The lowest BCUT2D eigenvalue weighted by Crippen LogP contribution is -2.66. The zero-order valence-corrected chi connectivity index (χ0v) is 11.2. The van der Waals surface area contributed by atoms with Crippen molar-refractivity contribution < 1.29 is 9.53 Å². The Hall–Kier alpha value is -0.770. The van der Waals surface area contributed by atoms with Crippen molar-refractivity contribution in [2.45, 2.75) is 58.1 Å². The fourth-order valence-electron chi connectivity index (χ4n) is 2.90. The first-order valence-corrected chi connectivity index (χ1v) is 6.56. The van der Waals surface area contributed by atoms with Gasteiger partial charge >= 0.3 is 6.09 Å². The van der Waals surface area contributed by atoms with Crippen molar-refractivity contribution in [2.24, 2.45) is 11.1 Å². The first-order chi connectivity index (χ1) is 7.82. The van der Waals surface area contributed by atoms with E-state index in [1.54, 1.807) is 4.90 Å². The Morgan fingerprint density at radius 1 is 1.35 bits per heavy atom. The molecular formula is C13H24N2O2. The Morgan fingerprint density at radius 2 is 2.00 bits per heavy atom. The summed E-state index contributed by atoms with van der Waals surface area (Å²) < 4.78 is 5.36. The molecule has 0 aromatic heterocycles.